The van der Waals surface area contributed by atoms with Gasteiger partial charge in [0, 0.05) is 13.2 Å². The number of carbonyl (C=O) groups excluding carboxylic acids is 1. The molecule has 0 unspecified atom stereocenters. The number of nitrogens with zero attached hydrogens (tertiary/aromatic N) is 1. The number of hydrogen-bond donors (Lipinski definition) is 1. The van der Waals surface area contributed by atoms with E-state index in [9.17, 15) is 13.2 Å². The van der Waals surface area contributed by atoms with Gasteiger partial charge in [-0.25, -0.2) is 8.42 Å². The number of benzene rings is 2. The van der Waals surface area contributed by atoms with E-state index < -0.39 is 10.0 Å². The predicted molar refractivity (Wildman–Crippen MR) is 117 cm³/mol. The Labute approximate surface area is 179 Å². The van der Waals surface area contributed by atoms with Crippen LogP contribution in [0.1, 0.15) is 25.8 Å². The first-order chi connectivity index (χ1) is 14.2. The van der Waals surface area contributed by atoms with Crippen LogP contribution in [0, 0.1) is 6.92 Å². The van der Waals surface area contributed by atoms with Crippen LogP contribution in [0.2, 0.25) is 0 Å². The first-order valence-corrected chi connectivity index (χ1v) is 11.3. The maximum absolute atomic E-state index is 13.3. The van der Waals surface area contributed by atoms with Crippen LogP contribution >= 0.6 is 0 Å². The van der Waals surface area contributed by atoms with Crippen molar-refractivity contribution < 1.29 is 22.7 Å². The van der Waals surface area contributed by atoms with E-state index in [1.165, 1.54) is 19.2 Å². The summed E-state index contributed by atoms with van der Waals surface area (Å²) >= 11 is 0. The lowest BCUT2D eigenvalue weighted by atomic mass is 10.2. The molecule has 0 aliphatic heterocycles. The third kappa shape index (κ3) is 6.74. The average Bonchev–Trinajstić information content (AvgIpc) is 2.72. The summed E-state index contributed by atoms with van der Waals surface area (Å²) in [6, 6.07) is 13.1. The topological polar surface area (TPSA) is 84.9 Å². The summed E-state index contributed by atoms with van der Waals surface area (Å²) in [7, 11) is -2.43. The van der Waals surface area contributed by atoms with Crippen LogP contribution < -0.4 is 14.4 Å². The van der Waals surface area contributed by atoms with E-state index in [1.54, 1.807) is 24.3 Å². The van der Waals surface area contributed by atoms with Gasteiger partial charge in [-0.2, -0.15) is 0 Å². The molecule has 0 saturated carbocycles. The highest BCUT2D eigenvalue weighted by Gasteiger charge is 2.27. The molecule has 0 bridgehead atoms. The molecule has 8 heteroatoms. The van der Waals surface area contributed by atoms with Crippen molar-refractivity contribution in [1.82, 2.24) is 5.32 Å². The van der Waals surface area contributed by atoms with Gasteiger partial charge < -0.3 is 14.8 Å². The smallest absolute Gasteiger partial charge is 0.264 e. The lowest BCUT2D eigenvalue weighted by Gasteiger charge is -2.24. The first-order valence-electron chi connectivity index (χ1n) is 9.86. The van der Waals surface area contributed by atoms with Crippen molar-refractivity contribution in [3.8, 4) is 5.75 Å². The summed E-state index contributed by atoms with van der Waals surface area (Å²) in [5.74, 6) is 0.175. The molecule has 0 atom stereocenters. The van der Waals surface area contributed by atoms with Crippen molar-refractivity contribution in [2.75, 3.05) is 31.1 Å². The second-order valence-electron chi connectivity index (χ2n) is 7.15. The van der Waals surface area contributed by atoms with Crippen molar-refractivity contribution in [2.24, 2.45) is 0 Å². The Morgan fingerprint density at radius 2 is 1.70 bits per heavy atom. The highest BCUT2D eigenvalue weighted by molar-refractivity contribution is 7.92. The molecule has 0 fully saturated rings. The maximum atomic E-state index is 13.3. The summed E-state index contributed by atoms with van der Waals surface area (Å²) in [5, 5.41) is 2.76. The van der Waals surface area contributed by atoms with Crippen LogP contribution in [-0.2, 0) is 19.6 Å². The molecule has 0 aromatic heterocycles. The van der Waals surface area contributed by atoms with Gasteiger partial charge in [0.1, 0.15) is 12.3 Å². The zero-order chi connectivity index (χ0) is 22.1. The second kappa shape index (κ2) is 11.0. The Hall–Kier alpha value is -2.58. The largest absolute Gasteiger partial charge is 0.497 e. The van der Waals surface area contributed by atoms with Crippen LogP contribution in [0.5, 0.6) is 5.75 Å². The van der Waals surface area contributed by atoms with E-state index in [0.717, 1.165) is 9.87 Å². The van der Waals surface area contributed by atoms with E-state index in [2.05, 4.69) is 5.32 Å². The number of methoxy groups -OCH3 is 1. The molecule has 2 rings (SSSR count). The molecule has 0 spiro atoms. The van der Waals surface area contributed by atoms with Crippen molar-refractivity contribution in [3.63, 3.8) is 0 Å². The number of sulfonamides is 1. The van der Waals surface area contributed by atoms with Crippen LogP contribution in [0.25, 0.3) is 0 Å². The van der Waals surface area contributed by atoms with Gasteiger partial charge in [0.15, 0.2) is 0 Å². The summed E-state index contributed by atoms with van der Waals surface area (Å²) in [4.78, 5) is 12.6. The Morgan fingerprint density at radius 3 is 2.27 bits per heavy atom. The highest BCUT2D eigenvalue weighted by Crippen LogP contribution is 2.25. The van der Waals surface area contributed by atoms with Crippen LogP contribution in [0.15, 0.2) is 53.4 Å². The SMILES string of the molecule is COc1ccc(S(=O)(=O)N(CC(=O)NCCCOC(C)C)c2ccc(C)cc2)cc1. The van der Waals surface area contributed by atoms with Crippen molar-refractivity contribution in [2.45, 2.75) is 38.2 Å². The van der Waals surface area contributed by atoms with Gasteiger partial charge in [-0.3, -0.25) is 9.10 Å². The number of carbonyl (C=O) groups is 1. The van der Waals surface area contributed by atoms with Crippen LogP contribution in [0.3, 0.4) is 0 Å². The van der Waals surface area contributed by atoms with E-state index in [-0.39, 0.29) is 23.5 Å². The van der Waals surface area contributed by atoms with Gasteiger partial charge in [0.2, 0.25) is 5.91 Å². The summed E-state index contributed by atoms with van der Waals surface area (Å²) in [6.45, 7) is 6.43. The number of aryl methyl sites for hydroxylation is 1. The Kier molecular flexibility index (Phi) is 8.68. The van der Waals surface area contributed by atoms with Gasteiger partial charge in [-0.05, 0) is 63.6 Å². The fourth-order valence-electron chi connectivity index (χ4n) is 2.71. The lowest BCUT2D eigenvalue weighted by molar-refractivity contribution is -0.119. The molecule has 1 N–H and O–H groups in total. The number of ether oxygens (including phenoxy) is 2. The fourth-order valence-corrected chi connectivity index (χ4v) is 4.13. The van der Waals surface area contributed by atoms with E-state index in [0.29, 0.717) is 31.0 Å². The molecule has 2 aromatic rings. The minimum absolute atomic E-state index is 0.0852. The van der Waals surface area contributed by atoms with E-state index >= 15 is 0 Å². The quantitative estimate of drug-likeness (QED) is 0.549. The molecule has 0 aliphatic rings. The zero-order valence-corrected chi connectivity index (χ0v) is 18.7. The number of hydrogen-bond acceptors (Lipinski definition) is 5. The average molecular weight is 435 g/mol. The van der Waals surface area contributed by atoms with Gasteiger partial charge >= 0.3 is 0 Å². The number of amides is 1. The van der Waals surface area contributed by atoms with Crippen molar-refractivity contribution in [1.29, 1.82) is 0 Å². The van der Waals surface area contributed by atoms with E-state index in [4.69, 9.17) is 9.47 Å². The summed E-state index contributed by atoms with van der Waals surface area (Å²) in [5.41, 5.74) is 1.42. The van der Waals surface area contributed by atoms with E-state index in [1.807, 2.05) is 32.9 Å². The normalized spacial score (nSPS) is 11.4. The summed E-state index contributed by atoms with van der Waals surface area (Å²) in [6.07, 6.45) is 0.784. The minimum Gasteiger partial charge on any atom is -0.497 e. The summed E-state index contributed by atoms with van der Waals surface area (Å²) < 4.78 is 38.2. The van der Waals surface area contributed by atoms with Crippen molar-refractivity contribution in [3.05, 3.63) is 54.1 Å². The third-order valence-electron chi connectivity index (χ3n) is 4.35. The standard InChI is InChI=1S/C22H30N2O5S/c1-17(2)29-15-5-14-23-22(25)16-24(19-8-6-18(3)7-9-19)30(26,27)21-12-10-20(28-4)11-13-21/h6-13,17H,5,14-16H2,1-4H3,(H,23,25). The fraction of sp³-hybridized carbons (Fsp3) is 0.409. The highest BCUT2D eigenvalue weighted by atomic mass is 32.2. The molecule has 30 heavy (non-hydrogen) atoms. The van der Waals surface area contributed by atoms with Gasteiger partial charge in [-0.1, -0.05) is 17.7 Å². The Morgan fingerprint density at radius 1 is 1.07 bits per heavy atom. The van der Waals surface area contributed by atoms with Crippen LogP contribution in [0.4, 0.5) is 5.69 Å². The van der Waals surface area contributed by atoms with Crippen LogP contribution in [-0.4, -0.2) is 47.2 Å². The van der Waals surface area contributed by atoms with Gasteiger partial charge in [0.25, 0.3) is 10.0 Å². The molecular formula is C22H30N2O5S. The zero-order valence-electron chi connectivity index (χ0n) is 17.9. The molecule has 164 valence electrons. The molecule has 0 aliphatic carbocycles. The molecule has 0 radical (unpaired) electrons. The minimum atomic E-state index is -3.94. The number of rotatable bonds is 11. The monoisotopic (exact) mass is 434 g/mol. The Balaban J connectivity index is 2.18. The lowest BCUT2D eigenvalue weighted by Crippen LogP contribution is -2.41. The van der Waals surface area contributed by atoms with Crippen molar-refractivity contribution >= 4 is 21.6 Å². The molecular weight excluding hydrogens is 404 g/mol. The molecule has 7 nitrogen and oxygen atoms in total. The molecule has 0 heterocycles. The molecule has 2 aromatic carbocycles. The molecule has 0 saturated heterocycles. The van der Waals surface area contributed by atoms with Gasteiger partial charge in [0.05, 0.1) is 23.8 Å². The maximum Gasteiger partial charge on any atom is 0.264 e. The number of anilines is 1. The number of nitrogens with one attached hydrogen (secondary N) is 1. The second-order valence-corrected chi connectivity index (χ2v) is 9.01. The Bertz CT molecular complexity index is 910. The molecule has 1 amide bonds. The van der Waals surface area contributed by atoms with Gasteiger partial charge in [-0.15, -0.1) is 0 Å². The first kappa shape index (κ1) is 23.7. The predicted octanol–water partition coefficient (Wildman–Crippen LogP) is 3.13. The third-order valence-corrected chi connectivity index (χ3v) is 6.14.